The van der Waals surface area contributed by atoms with Gasteiger partial charge in [-0.1, -0.05) is 0 Å². The first-order chi connectivity index (χ1) is 10.8. The van der Waals surface area contributed by atoms with Crippen LogP contribution in [0, 0.1) is 0 Å². The van der Waals surface area contributed by atoms with Crippen molar-refractivity contribution >= 4 is 17.0 Å². The van der Waals surface area contributed by atoms with Crippen molar-refractivity contribution in [3.8, 4) is 0 Å². The number of nitrogens with zero attached hydrogens (tertiary/aromatic N) is 4. The molecule has 4 N–H and O–H groups in total. The summed E-state index contributed by atoms with van der Waals surface area (Å²) in [4.78, 5) is 11.9. The molecule has 1 aliphatic rings. The first kappa shape index (κ1) is 10.00. The van der Waals surface area contributed by atoms with Crippen LogP contribution in [0.25, 0.3) is 11.2 Å². The van der Waals surface area contributed by atoms with E-state index >= 15 is 0 Å². The van der Waals surface area contributed by atoms with Crippen molar-refractivity contribution in [1.29, 1.82) is 0 Å². The number of nitrogen functional groups attached to an aromatic ring is 1. The van der Waals surface area contributed by atoms with Gasteiger partial charge in [0, 0.05) is 7.04 Å². The van der Waals surface area contributed by atoms with E-state index < -0.39 is 38.2 Å². The molecule has 9 nitrogen and oxygen atoms in total. The second-order valence-corrected chi connectivity index (χ2v) is 4.40. The van der Waals surface area contributed by atoms with Crippen LogP contribution in [-0.2, 0) is 9.47 Å². The molecule has 0 radical (unpaired) electrons. The molecule has 0 saturated carbocycles. The third-order valence-electron chi connectivity index (χ3n) is 3.29. The summed E-state index contributed by atoms with van der Waals surface area (Å²) >= 11 is 0. The van der Waals surface area contributed by atoms with Crippen LogP contribution in [0.5, 0.6) is 0 Å². The Morgan fingerprint density at radius 2 is 2.40 bits per heavy atom. The Kier molecular flexibility index (Phi) is 2.47. The van der Waals surface area contributed by atoms with Gasteiger partial charge in [-0.2, -0.15) is 0 Å². The fourth-order valence-corrected chi connectivity index (χ4v) is 2.28. The number of anilines is 1. The van der Waals surface area contributed by atoms with Crippen LogP contribution < -0.4 is 5.73 Å². The molecule has 0 spiro atoms. The predicted octanol–water partition coefficient (Wildman–Crippen LogP) is -1.33. The molecule has 2 aromatic rings. The number of hydrogen-bond donors (Lipinski definition) is 3. The summed E-state index contributed by atoms with van der Waals surface area (Å²) in [7, 11) is -2.75. The van der Waals surface area contributed by atoms with Gasteiger partial charge in [0.1, 0.15) is 30.2 Å². The quantitative estimate of drug-likeness (QED) is 0.632. The lowest BCUT2D eigenvalue weighted by Gasteiger charge is -2.19. The molecule has 0 aromatic carbocycles. The molecule has 1 fully saturated rings. The average Bonchev–Trinajstić information content (AvgIpc) is 3.01. The van der Waals surface area contributed by atoms with Gasteiger partial charge in [0.2, 0.25) is 0 Å². The maximum atomic E-state index is 10.2. The van der Waals surface area contributed by atoms with Crippen LogP contribution in [-0.4, -0.2) is 61.7 Å². The van der Waals surface area contributed by atoms with Crippen LogP contribution in [0.2, 0.25) is 0 Å². The monoisotopic (exact) mass is 284 g/mol. The molecular formula is C11H15N5O4. The van der Waals surface area contributed by atoms with Crippen molar-refractivity contribution in [1.82, 2.24) is 19.5 Å². The molecule has 3 rings (SSSR count). The lowest BCUT2D eigenvalue weighted by molar-refractivity contribution is -0.0583. The molecule has 3 heterocycles. The number of aliphatic hydroxyl groups excluding tert-OH is 2. The number of ether oxygens (including phenoxy) is 2. The Morgan fingerprint density at radius 1 is 1.55 bits per heavy atom. The molecule has 2 aromatic heterocycles. The lowest BCUT2D eigenvalue weighted by atomic mass is 10.1. The van der Waals surface area contributed by atoms with Crippen molar-refractivity contribution in [3.63, 3.8) is 0 Å². The fraction of sp³-hybridized carbons (Fsp3) is 0.545. The topological polar surface area (TPSA) is 129 Å². The van der Waals surface area contributed by atoms with E-state index in [1.165, 1.54) is 17.2 Å². The minimum atomic E-state index is -2.75. The predicted molar refractivity (Wildman–Crippen MR) is 67.5 cm³/mol. The van der Waals surface area contributed by atoms with Crippen molar-refractivity contribution in [3.05, 3.63) is 12.7 Å². The molecule has 108 valence electrons. The van der Waals surface area contributed by atoms with Crippen molar-refractivity contribution < 1.29 is 23.8 Å². The molecule has 9 heteroatoms. The van der Waals surface area contributed by atoms with Crippen LogP contribution in [0.15, 0.2) is 12.7 Å². The largest absolute Gasteiger partial charge is 0.394 e. The first-order valence-corrected chi connectivity index (χ1v) is 5.87. The first-order valence-electron chi connectivity index (χ1n) is 7.37. The van der Waals surface area contributed by atoms with Gasteiger partial charge >= 0.3 is 0 Å². The highest BCUT2D eigenvalue weighted by Gasteiger charge is 2.45. The van der Waals surface area contributed by atoms with E-state index in [0.29, 0.717) is 11.2 Å². The minimum absolute atomic E-state index is 0.152. The maximum absolute atomic E-state index is 10.2. The second-order valence-electron chi connectivity index (χ2n) is 4.40. The second kappa shape index (κ2) is 4.94. The summed E-state index contributed by atoms with van der Waals surface area (Å²) in [6, 6.07) is 0. The number of hydrogen-bond acceptors (Lipinski definition) is 8. The zero-order chi connectivity index (χ0) is 16.8. The zero-order valence-electron chi connectivity index (χ0n) is 13.2. The molecule has 0 amide bonds. The molecule has 4 atom stereocenters. The van der Waals surface area contributed by atoms with E-state index in [2.05, 4.69) is 15.0 Å². The average molecular weight is 284 g/mol. The van der Waals surface area contributed by atoms with Crippen LogP contribution in [0.3, 0.4) is 0 Å². The summed E-state index contributed by atoms with van der Waals surface area (Å²) in [5.41, 5.74) is 6.32. The van der Waals surface area contributed by atoms with Gasteiger partial charge in [0.15, 0.2) is 17.7 Å². The van der Waals surface area contributed by atoms with E-state index in [1.54, 1.807) is 0 Å². The molecule has 20 heavy (non-hydrogen) atoms. The number of rotatable bonds is 3. The van der Waals surface area contributed by atoms with Gasteiger partial charge in [-0.05, 0) is 0 Å². The maximum Gasteiger partial charge on any atom is 0.167 e. The Bertz CT molecular complexity index is 709. The Hall–Kier alpha value is -1.81. The highest BCUT2D eigenvalue weighted by atomic mass is 16.6. The van der Waals surface area contributed by atoms with Crippen molar-refractivity contribution in [2.45, 2.75) is 24.5 Å². The van der Waals surface area contributed by atoms with Gasteiger partial charge < -0.3 is 25.4 Å². The Morgan fingerprint density at radius 3 is 3.15 bits per heavy atom. The smallest absolute Gasteiger partial charge is 0.167 e. The van der Waals surface area contributed by atoms with Gasteiger partial charge in [0.05, 0.1) is 17.0 Å². The number of aromatic nitrogens is 4. The molecule has 0 aliphatic carbocycles. The molecule has 1 saturated heterocycles. The third-order valence-corrected chi connectivity index (χ3v) is 3.29. The van der Waals surface area contributed by atoms with E-state index in [0.717, 1.165) is 0 Å². The number of imidazole rings is 1. The van der Waals surface area contributed by atoms with E-state index in [4.69, 9.17) is 19.3 Å². The Balaban J connectivity index is 2.02. The number of aliphatic hydroxyl groups is 2. The number of nitrogens with two attached hydrogens (primary N) is 1. The normalized spacial score (nSPS) is 33.0. The number of fused-ring (bicyclic) bond motifs is 1. The van der Waals surface area contributed by atoms with Crippen LogP contribution in [0.1, 0.15) is 10.3 Å². The van der Waals surface area contributed by atoms with Crippen LogP contribution in [0.4, 0.5) is 5.82 Å². The van der Waals surface area contributed by atoms with Crippen molar-refractivity contribution in [2.75, 3.05) is 19.4 Å². The van der Waals surface area contributed by atoms with Crippen molar-refractivity contribution in [2.24, 2.45) is 0 Å². The summed E-state index contributed by atoms with van der Waals surface area (Å²) in [5, 5.41) is 19.4. The highest BCUT2D eigenvalue weighted by Crippen LogP contribution is 2.33. The minimum Gasteiger partial charge on any atom is -0.394 e. The highest BCUT2D eigenvalue weighted by molar-refractivity contribution is 5.81. The standard InChI is InChI=1S/C11H15N5O4/c1-19-8-7(18)5(2-17)20-11(8)16-4-15-6-9(12)13-3-14-10(6)16/h3-5,7-8,11,17-18H,2H2,1H3,(H2,12,13,14)/t5-,7-,8-,11-/m1/s1/i1D3. The molecule has 0 bridgehead atoms. The third kappa shape index (κ3) is 1.83. The lowest BCUT2D eigenvalue weighted by Crippen LogP contribution is -2.34. The molecule has 0 unspecified atom stereocenters. The summed E-state index contributed by atoms with van der Waals surface area (Å²) in [5.74, 6) is 0.152. The van der Waals surface area contributed by atoms with Gasteiger partial charge in [0.25, 0.3) is 0 Å². The van der Waals surface area contributed by atoms with E-state index in [1.807, 2.05) is 0 Å². The summed E-state index contributed by atoms with van der Waals surface area (Å²) in [6.45, 7) is -0.498. The summed E-state index contributed by atoms with van der Waals surface area (Å²) in [6.07, 6.45) is -2.05. The Labute approximate surface area is 118 Å². The molecular weight excluding hydrogens is 266 g/mol. The van der Waals surface area contributed by atoms with Gasteiger partial charge in [-0.15, -0.1) is 0 Å². The summed E-state index contributed by atoms with van der Waals surface area (Å²) < 4.78 is 33.6. The van der Waals surface area contributed by atoms with Gasteiger partial charge in [-0.25, -0.2) is 15.0 Å². The van der Waals surface area contributed by atoms with E-state index in [-0.39, 0.29) is 5.82 Å². The zero-order valence-corrected chi connectivity index (χ0v) is 10.2. The fourth-order valence-electron chi connectivity index (χ4n) is 2.28. The van der Waals surface area contributed by atoms with Crippen LogP contribution >= 0.6 is 0 Å². The number of methoxy groups -OCH3 is 1. The SMILES string of the molecule is [2H]C([2H])([2H])O[C@@H]1[C@H](O)[C@@H](CO)O[C@H]1n1cnc2c(N)ncnc21. The molecule has 1 aliphatic heterocycles. The van der Waals surface area contributed by atoms with E-state index in [9.17, 15) is 10.2 Å². The van der Waals surface area contributed by atoms with Gasteiger partial charge in [-0.3, -0.25) is 4.57 Å².